The molecule has 19 heavy (non-hydrogen) atoms. The number of hydrogen-bond acceptors (Lipinski definition) is 1. The van der Waals surface area contributed by atoms with Crippen molar-refractivity contribution < 1.29 is 12.6 Å². The summed E-state index contributed by atoms with van der Waals surface area (Å²) in [6.07, 6.45) is 1.51. The van der Waals surface area contributed by atoms with Crippen LogP contribution >= 0.6 is 0 Å². The molecule has 0 saturated carbocycles. The smallest absolute Gasteiger partial charge is 0.132 e. The lowest BCUT2D eigenvalue weighted by atomic mass is 10.1. The van der Waals surface area contributed by atoms with Crippen LogP contribution in [0.2, 0.25) is 19.6 Å². The third kappa shape index (κ3) is 2.92. The lowest BCUT2D eigenvalue weighted by Crippen LogP contribution is -2.39. The van der Waals surface area contributed by atoms with Crippen molar-refractivity contribution in [2.75, 3.05) is 0 Å². The van der Waals surface area contributed by atoms with Gasteiger partial charge in [0.1, 0.15) is 5.82 Å². The molecule has 0 N–H and O–H groups in total. The Bertz CT molecular complexity index is 793. The van der Waals surface area contributed by atoms with Gasteiger partial charge in [-0.2, -0.15) is 0 Å². The maximum atomic E-state index is 14.4. The van der Waals surface area contributed by atoms with Gasteiger partial charge in [-0.15, -0.1) is 0 Å². The van der Waals surface area contributed by atoms with E-state index < -0.39 is 27.6 Å². The molecule has 1 aromatic carbocycles. The molecule has 0 amide bonds. The van der Waals surface area contributed by atoms with Gasteiger partial charge >= 0.3 is 0 Å². The van der Waals surface area contributed by atoms with Crippen LogP contribution in [0.4, 0.5) is 4.39 Å². The Morgan fingerprint density at radius 3 is 2.53 bits per heavy atom. The Labute approximate surface area is 124 Å². The van der Waals surface area contributed by atoms with E-state index in [0.717, 1.165) is 6.07 Å². The fourth-order valence-electron chi connectivity index (χ4n) is 1.92. The third-order valence-electron chi connectivity index (χ3n) is 2.96. The summed E-state index contributed by atoms with van der Waals surface area (Å²) in [5.41, 5.74) is 0.336. The summed E-state index contributed by atoms with van der Waals surface area (Å²) >= 11 is 0. The Morgan fingerprint density at radius 2 is 1.95 bits per heavy atom. The van der Waals surface area contributed by atoms with Gasteiger partial charge in [-0.25, -0.2) is 4.39 Å². The lowest BCUT2D eigenvalue weighted by molar-refractivity contribution is 0.629. The molecule has 0 radical (unpaired) electrons. The van der Waals surface area contributed by atoms with Crippen LogP contribution in [-0.4, -0.2) is 13.1 Å². The van der Waals surface area contributed by atoms with Gasteiger partial charge in [-0.3, -0.25) is 4.98 Å². The maximum absolute atomic E-state index is 14.4. The SMILES string of the molecule is [2H]C([2H])([2H])c1ccc(-c2cc(C([2H])([2H])[2H])c([Si](C)(C)C)cn2)c(F)c1. The third-order valence-corrected chi connectivity index (χ3v) is 4.97. The molecule has 3 heteroatoms. The second kappa shape index (κ2) is 4.89. The molecule has 1 aromatic heterocycles. The van der Waals surface area contributed by atoms with Crippen LogP contribution in [0.1, 0.15) is 19.4 Å². The first-order valence-electron chi connectivity index (χ1n) is 9.02. The summed E-state index contributed by atoms with van der Waals surface area (Å²) in [5.74, 6) is -0.738. The monoisotopic (exact) mass is 279 g/mol. The first-order chi connectivity index (χ1) is 11.2. The summed E-state index contributed by atoms with van der Waals surface area (Å²) in [4.78, 5) is 4.25. The van der Waals surface area contributed by atoms with E-state index in [1.54, 1.807) is 0 Å². The topological polar surface area (TPSA) is 12.9 Å². The van der Waals surface area contributed by atoms with E-state index in [2.05, 4.69) is 4.98 Å². The zero-order valence-electron chi connectivity index (χ0n) is 17.2. The zero-order chi connectivity index (χ0) is 19.2. The van der Waals surface area contributed by atoms with Crippen LogP contribution in [-0.2, 0) is 0 Å². The maximum Gasteiger partial charge on any atom is 0.132 e. The highest BCUT2D eigenvalue weighted by Gasteiger charge is 2.20. The molecule has 2 rings (SSSR count). The molecule has 0 atom stereocenters. The van der Waals surface area contributed by atoms with Crippen molar-refractivity contribution in [1.29, 1.82) is 0 Å². The molecule has 0 spiro atoms. The van der Waals surface area contributed by atoms with Gasteiger partial charge in [-0.05, 0) is 48.2 Å². The predicted octanol–water partition coefficient (Wildman–Crippen LogP) is 4.05. The lowest BCUT2D eigenvalue weighted by Gasteiger charge is -2.19. The Kier molecular flexibility index (Phi) is 2.05. The molecule has 0 fully saturated rings. The van der Waals surface area contributed by atoms with E-state index in [1.165, 1.54) is 24.4 Å². The van der Waals surface area contributed by atoms with E-state index >= 15 is 0 Å². The molecule has 0 aliphatic rings. The molecule has 0 bridgehead atoms. The molecule has 1 nitrogen and oxygen atoms in total. The van der Waals surface area contributed by atoms with E-state index in [4.69, 9.17) is 8.22 Å². The molecule has 1 heterocycles. The van der Waals surface area contributed by atoms with Crippen LogP contribution in [0.25, 0.3) is 11.3 Å². The van der Waals surface area contributed by atoms with Gasteiger partial charge in [0.15, 0.2) is 0 Å². The number of aromatic nitrogens is 1. The Hall–Kier alpha value is -1.48. The minimum Gasteiger partial charge on any atom is -0.256 e. The number of hydrogen-bond donors (Lipinski definition) is 0. The van der Waals surface area contributed by atoms with Crippen molar-refractivity contribution in [3.05, 3.63) is 47.4 Å². The molecule has 0 saturated heterocycles. The molecule has 0 aliphatic heterocycles. The summed E-state index contributed by atoms with van der Waals surface area (Å²) in [6.45, 7) is 1.32. The molecule has 100 valence electrons. The van der Waals surface area contributed by atoms with E-state index in [0.29, 0.717) is 5.19 Å². The van der Waals surface area contributed by atoms with Crippen LogP contribution in [0.15, 0.2) is 30.5 Å². The highest BCUT2D eigenvalue weighted by atomic mass is 28.3. The number of pyridine rings is 1. The quantitative estimate of drug-likeness (QED) is 0.756. The molecular formula is C16H20FNSi. The van der Waals surface area contributed by atoms with Gasteiger partial charge in [-0.1, -0.05) is 25.7 Å². The van der Waals surface area contributed by atoms with E-state index in [9.17, 15) is 4.39 Å². The fourth-order valence-corrected chi connectivity index (χ4v) is 3.26. The number of nitrogens with zero attached hydrogens (tertiary/aromatic N) is 1. The predicted molar refractivity (Wildman–Crippen MR) is 82.1 cm³/mol. The van der Waals surface area contributed by atoms with Gasteiger partial charge in [0.05, 0.1) is 13.8 Å². The summed E-state index contributed by atoms with van der Waals surface area (Å²) < 4.78 is 59.8. The summed E-state index contributed by atoms with van der Waals surface area (Å²) in [6, 6.07) is 4.99. The van der Waals surface area contributed by atoms with Crippen molar-refractivity contribution >= 4 is 13.3 Å². The van der Waals surface area contributed by atoms with Crippen molar-refractivity contribution in [2.45, 2.75) is 33.3 Å². The second-order valence-corrected chi connectivity index (χ2v) is 10.6. The Balaban J connectivity index is 2.62. The first kappa shape index (κ1) is 7.95. The minimum absolute atomic E-state index is 0.0839. The van der Waals surface area contributed by atoms with Crippen LogP contribution in [0.5, 0.6) is 0 Å². The van der Waals surface area contributed by atoms with E-state index in [1.807, 2.05) is 19.6 Å². The second-order valence-electron chi connectivity index (χ2n) is 5.56. The van der Waals surface area contributed by atoms with Gasteiger partial charge in [0.2, 0.25) is 0 Å². The van der Waals surface area contributed by atoms with Crippen LogP contribution in [0, 0.1) is 19.5 Å². The average molecular weight is 279 g/mol. The largest absolute Gasteiger partial charge is 0.256 e. The van der Waals surface area contributed by atoms with Gasteiger partial charge < -0.3 is 0 Å². The first-order valence-corrected chi connectivity index (χ1v) is 9.52. The van der Waals surface area contributed by atoms with Crippen LogP contribution in [0.3, 0.4) is 0 Å². The van der Waals surface area contributed by atoms with Gasteiger partial charge in [0, 0.05) is 20.0 Å². The van der Waals surface area contributed by atoms with E-state index in [-0.39, 0.29) is 22.4 Å². The fraction of sp³-hybridized carbons (Fsp3) is 0.312. The normalized spacial score (nSPS) is 17.7. The average Bonchev–Trinajstić information content (AvgIpc) is 2.43. The van der Waals surface area contributed by atoms with Crippen LogP contribution < -0.4 is 5.19 Å². The minimum atomic E-state index is -2.40. The van der Waals surface area contributed by atoms with Crippen molar-refractivity contribution in [2.24, 2.45) is 0 Å². The molecule has 2 aromatic rings. The standard InChI is InChI=1S/C16H20FNSi/c1-11-6-7-13(14(17)8-11)15-9-12(2)16(10-18-15)19(3,4)5/h6-10H,1-5H3/i1D3,2D3. The number of aryl methyl sites for hydroxylation is 2. The highest BCUT2D eigenvalue weighted by molar-refractivity contribution is 6.89. The molecule has 0 unspecified atom stereocenters. The van der Waals surface area contributed by atoms with Crippen molar-refractivity contribution in [3.8, 4) is 11.3 Å². The Morgan fingerprint density at radius 1 is 1.16 bits per heavy atom. The molecular weight excluding hydrogens is 253 g/mol. The summed E-state index contributed by atoms with van der Waals surface area (Å²) in [5, 5.41) is 0.704. The van der Waals surface area contributed by atoms with Crippen molar-refractivity contribution in [1.82, 2.24) is 4.98 Å². The van der Waals surface area contributed by atoms with Gasteiger partial charge in [0.25, 0.3) is 0 Å². The molecule has 0 aliphatic carbocycles. The van der Waals surface area contributed by atoms with Crippen molar-refractivity contribution in [3.63, 3.8) is 0 Å². The number of benzene rings is 1. The number of halogens is 1. The highest BCUT2D eigenvalue weighted by Crippen LogP contribution is 2.22. The zero-order valence-corrected chi connectivity index (χ0v) is 12.2. The summed E-state index contributed by atoms with van der Waals surface area (Å²) in [7, 11) is -1.95. The number of rotatable bonds is 2.